The van der Waals surface area contributed by atoms with Crippen LogP contribution >= 0.6 is 7.60 Å². The van der Waals surface area contributed by atoms with Gasteiger partial charge in [-0.15, -0.1) is 26.3 Å². The molecule has 2 aromatic carbocycles. The predicted octanol–water partition coefficient (Wildman–Crippen LogP) is 9.50. The van der Waals surface area contributed by atoms with Crippen molar-refractivity contribution in [3.63, 3.8) is 0 Å². The Bertz CT molecular complexity index is 1140. The second-order valence-corrected chi connectivity index (χ2v) is 12.3. The molecule has 6 nitrogen and oxygen atoms in total. The molecule has 0 spiro atoms. The zero-order valence-corrected chi connectivity index (χ0v) is 27.7. The van der Waals surface area contributed by atoms with Crippen LogP contribution in [0.1, 0.15) is 56.2 Å². The maximum Gasteiger partial charge on any atom is 0.335 e. The summed E-state index contributed by atoms with van der Waals surface area (Å²) in [5.41, 5.74) is 4.32. The number of nitrogens with zero attached hydrogens (tertiary/aromatic N) is 1. The van der Waals surface area contributed by atoms with Crippen molar-refractivity contribution in [3.8, 4) is 0 Å². The highest BCUT2D eigenvalue weighted by Gasteiger charge is 2.23. The van der Waals surface area contributed by atoms with Crippen LogP contribution in [-0.2, 0) is 29.2 Å². The molecule has 0 aliphatic rings. The standard InChI is InChI=1S/C37H52NO5P/c1-7-36(8-2)40-29-15-13-27-38(28-14-16-30-41-37(9-3)10-4)35-25-23-33(24-26-35)18-17-32-19-21-34(22-20-32)31-44(39,42-11-5)43-12-6/h7-10,17-26,36-37H,1-4,11-16,27-31H2,5-6H3. The molecule has 0 N–H and O–H groups in total. The van der Waals surface area contributed by atoms with Gasteiger partial charge in [0.05, 0.1) is 31.6 Å². The summed E-state index contributed by atoms with van der Waals surface area (Å²) in [6, 6.07) is 16.7. The van der Waals surface area contributed by atoms with Crippen LogP contribution in [0.3, 0.4) is 0 Å². The van der Waals surface area contributed by atoms with E-state index in [4.69, 9.17) is 18.5 Å². The number of rotatable bonds is 25. The van der Waals surface area contributed by atoms with Crippen LogP contribution in [0.4, 0.5) is 5.69 Å². The molecule has 0 atom stereocenters. The molecular formula is C37H52NO5P. The summed E-state index contributed by atoms with van der Waals surface area (Å²) < 4.78 is 35.3. The highest BCUT2D eigenvalue weighted by atomic mass is 31.2. The molecule has 0 aliphatic heterocycles. The van der Waals surface area contributed by atoms with Crippen molar-refractivity contribution < 1.29 is 23.1 Å². The Labute approximate surface area is 266 Å². The van der Waals surface area contributed by atoms with E-state index in [9.17, 15) is 4.57 Å². The molecule has 0 amide bonds. The molecule has 2 rings (SSSR count). The molecule has 0 radical (unpaired) electrons. The van der Waals surface area contributed by atoms with Crippen molar-refractivity contribution in [2.24, 2.45) is 0 Å². The molecule has 0 saturated heterocycles. The summed E-state index contributed by atoms with van der Waals surface area (Å²) >= 11 is 0. The summed E-state index contributed by atoms with van der Waals surface area (Å²) in [6.07, 6.45) is 15.3. The lowest BCUT2D eigenvalue weighted by Crippen LogP contribution is -2.26. The monoisotopic (exact) mass is 621 g/mol. The second-order valence-electron chi connectivity index (χ2n) is 10.3. The first-order valence-corrected chi connectivity index (χ1v) is 17.4. The third-order valence-corrected chi connectivity index (χ3v) is 8.98. The van der Waals surface area contributed by atoms with Crippen LogP contribution in [0.25, 0.3) is 12.2 Å². The average Bonchev–Trinajstić information content (AvgIpc) is 3.03. The van der Waals surface area contributed by atoms with Crippen LogP contribution in [0.5, 0.6) is 0 Å². The van der Waals surface area contributed by atoms with Gasteiger partial charge >= 0.3 is 7.60 Å². The molecule has 0 saturated carbocycles. The predicted molar refractivity (Wildman–Crippen MR) is 187 cm³/mol. The molecule has 7 heteroatoms. The molecule has 0 aliphatic carbocycles. The van der Waals surface area contributed by atoms with Crippen LogP contribution < -0.4 is 4.90 Å². The molecule has 0 aromatic heterocycles. The zero-order chi connectivity index (χ0) is 32.0. The fraction of sp³-hybridized carbons (Fsp3) is 0.405. The largest absolute Gasteiger partial charge is 0.372 e. The van der Waals surface area contributed by atoms with E-state index >= 15 is 0 Å². The lowest BCUT2D eigenvalue weighted by Gasteiger charge is -2.25. The Balaban J connectivity index is 1.99. The second kappa shape index (κ2) is 21.7. The van der Waals surface area contributed by atoms with Crippen molar-refractivity contribution in [2.45, 2.75) is 57.9 Å². The number of ether oxygens (including phenoxy) is 2. The van der Waals surface area contributed by atoms with Crippen molar-refractivity contribution >= 4 is 25.4 Å². The molecule has 0 unspecified atom stereocenters. The average molecular weight is 622 g/mol. The van der Waals surface area contributed by atoms with E-state index in [1.165, 1.54) is 5.69 Å². The number of unbranched alkanes of at least 4 members (excludes halogenated alkanes) is 2. The third-order valence-electron chi connectivity index (χ3n) is 6.93. The lowest BCUT2D eigenvalue weighted by molar-refractivity contribution is 0.112. The molecule has 0 heterocycles. The smallest absolute Gasteiger partial charge is 0.335 e. The van der Waals surface area contributed by atoms with Gasteiger partial charge < -0.3 is 23.4 Å². The number of anilines is 1. The maximum absolute atomic E-state index is 12.8. The zero-order valence-electron chi connectivity index (χ0n) is 26.8. The third kappa shape index (κ3) is 14.2. The van der Waals surface area contributed by atoms with E-state index in [1.807, 2.05) is 38.1 Å². The summed E-state index contributed by atoms with van der Waals surface area (Å²) in [7, 11) is -3.12. The summed E-state index contributed by atoms with van der Waals surface area (Å²) in [4.78, 5) is 2.44. The van der Waals surface area contributed by atoms with Crippen molar-refractivity contribution in [2.75, 3.05) is 44.4 Å². The molecule has 0 bridgehead atoms. The van der Waals surface area contributed by atoms with Crippen molar-refractivity contribution in [1.82, 2.24) is 0 Å². The Hall–Kier alpha value is -2.99. The molecule has 2 aromatic rings. The summed E-state index contributed by atoms with van der Waals surface area (Å²) in [6.45, 7) is 22.8. The van der Waals surface area contributed by atoms with Gasteiger partial charge in [-0.1, -0.05) is 72.9 Å². The van der Waals surface area contributed by atoms with Crippen LogP contribution in [0, 0.1) is 0 Å². The van der Waals surface area contributed by atoms with Crippen LogP contribution in [-0.4, -0.2) is 51.7 Å². The topological polar surface area (TPSA) is 57.2 Å². The number of hydrogen-bond donors (Lipinski definition) is 0. The van der Waals surface area contributed by atoms with Gasteiger partial charge in [-0.05, 0) is 68.4 Å². The highest BCUT2D eigenvalue weighted by Crippen LogP contribution is 2.51. The molecular weight excluding hydrogens is 569 g/mol. The van der Waals surface area contributed by atoms with Gasteiger partial charge in [0, 0.05) is 32.0 Å². The van der Waals surface area contributed by atoms with Crippen molar-refractivity contribution in [1.29, 1.82) is 0 Å². The molecule has 0 fully saturated rings. The van der Waals surface area contributed by atoms with Gasteiger partial charge in [-0.3, -0.25) is 4.57 Å². The van der Waals surface area contributed by atoms with Gasteiger partial charge in [0.25, 0.3) is 0 Å². The first-order valence-electron chi connectivity index (χ1n) is 15.6. The summed E-state index contributed by atoms with van der Waals surface area (Å²) in [5, 5.41) is 0. The first-order chi connectivity index (χ1) is 21.4. The van der Waals surface area contributed by atoms with E-state index in [0.29, 0.717) is 26.4 Å². The lowest BCUT2D eigenvalue weighted by atomic mass is 10.1. The van der Waals surface area contributed by atoms with E-state index < -0.39 is 7.60 Å². The fourth-order valence-electron chi connectivity index (χ4n) is 4.55. The quantitative estimate of drug-likeness (QED) is 0.0476. The number of hydrogen-bond acceptors (Lipinski definition) is 6. The Morgan fingerprint density at radius 3 is 1.52 bits per heavy atom. The van der Waals surface area contributed by atoms with Gasteiger partial charge in [0.1, 0.15) is 0 Å². The molecule has 44 heavy (non-hydrogen) atoms. The van der Waals surface area contributed by atoms with E-state index in [-0.39, 0.29) is 18.4 Å². The van der Waals surface area contributed by atoms with Gasteiger partial charge in [-0.25, -0.2) is 0 Å². The maximum atomic E-state index is 12.8. The van der Waals surface area contributed by atoms with E-state index in [0.717, 1.165) is 55.5 Å². The fourth-order valence-corrected chi connectivity index (χ4v) is 6.25. The number of benzene rings is 2. The Morgan fingerprint density at radius 1 is 0.682 bits per heavy atom. The first kappa shape index (κ1) is 37.2. The van der Waals surface area contributed by atoms with Crippen LogP contribution in [0.2, 0.25) is 0 Å². The normalized spacial score (nSPS) is 11.7. The van der Waals surface area contributed by atoms with Crippen LogP contribution in [0.15, 0.2) is 99.2 Å². The Kier molecular flexibility index (Phi) is 18.3. The Morgan fingerprint density at radius 2 is 1.11 bits per heavy atom. The minimum absolute atomic E-state index is 0.0981. The van der Waals surface area contributed by atoms with Crippen molar-refractivity contribution in [3.05, 3.63) is 116 Å². The van der Waals surface area contributed by atoms with Gasteiger partial charge in [-0.2, -0.15) is 0 Å². The van der Waals surface area contributed by atoms with E-state index in [2.05, 4.69) is 67.6 Å². The SMILES string of the molecule is C=CC(C=C)OCCCCN(CCCCOC(C=C)C=C)c1ccc(C=Cc2ccc(CP(=O)(OCC)OCC)cc2)cc1. The molecule has 240 valence electrons. The van der Waals surface area contributed by atoms with Gasteiger partial charge in [0.15, 0.2) is 0 Å². The van der Waals surface area contributed by atoms with Gasteiger partial charge in [0.2, 0.25) is 0 Å². The summed E-state index contributed by atoms with van der Waals surface area (Å²) in [5.74, 6) is 0. The minimum Gasteiger partial charge on any atom is -0.372 e. The highest BCUT2D eigenvalue weighted by molar-refractivity contribution is 7.53. The van der Waals surface area contributed by atoms with E-state index in [1.54, 1.807) is 24.3 Å². The minimum atomic E-state index is -3.12.